The highest BCUT2D eigenvalue weighted by Gasteiger charge is 2.38. The van der Waals surface area contributed by atoms with Gasteiger partial charge in [0, 0.05) is 6.41 Å². The first-order valence-corrected chi connectivity index (χ1v) is 15.9. The molecule has 0 saturated carbocycles. The Hall–Kier alpha value is 0.954. The number of rotatable bonds is 3. The summed E-state index contributed by atoms with van der Waals surface area (Å²) in [6.45, 7) is 21.0. The van der Waals surface area contributed by atoms with Crippen LogP contribution in [0.2, 0.25) is 37.8 Å². The lowest BCUT2D eigenvalue weighted by molar-refractivity contribution is 0.722. The first-order valence-electron chi connectivity index (χ1n) is 5.96. The molecule has 5 heteroatoms. The van der Waals surface area contributed by atoms with E-state index in [1.54, 1.807) is 0 Å². The molecule has 0 aromatic carbocycles. The fourth-order valence-corrected chi connectivity index (χ4v) is 19.9. The van der Waals surface area contributed by atoms with Crippen LogP contribution in [0.4, 0.5) is 0 Å². The van der Waals surface area contributed by atoms with Gasteiger partial charge in [-0.15, -0.1) is 0 Å². The predicted octanol–water partition coefficient (Wildman–Crippen LogP) is 5.85. The van der Waals surface area contributed by atoms with Crippen LogP contribution in [-0.2, 0) is 0 Å². The van der Waals surface area contributed by atoms with E-state index in [1.165, 1.54) is 5.79 Å². The fourth-order valence-electron chi connectivity index (χ4n) is 1.62. The molecule has 98 valence electrons. The molecule has 0 bridgehead atoms. The van der Waals surface area contributed by atoms with Crippen molar-refractivity contribution in [2.45, 2.75) is 58.5 Å². The second-order valence-corrected chi connectivity index (χ2v) is 23.5. The molecule has 0 heterocycles. The van der Waals surface area contributed by atoms with Crippen LogP contribution in [0.3, 0.4) is 0 Å². The van der Waals surface area contributed by atoms with Crippen LogP contribution < -0.4 is 0 Å². The zero-order chi connectivity index (χ0) is 13.4. The summed E-state index contributed by atoms with van der Waals surface area (Å²) in [6.07, 6.45) is -1.56. The van der Waals surface area contributed by atoms with Gasteiger partial charge in [-0.05, 0) is 17.5 Å². The van der Waals surface area contributed by atoms with E-state index in [4.69, 9.17) is 15.7 Å². The van der Waals surface area contributed by atoms with Gasteiger partial charge in [-0.3, -0.25) is 0 Å². The summed E-state index contributed by atoms with van der Waals surface area (Å²) in [5.74, 6) is 1.18. The highest BCUT2D eigenvalue weighted by atomic mass is 35.7. The maximum absolute atomic E-state index is 6.73. The number of hydrogen-bond acceptors (Lipinski definition) is 1. The molecule has 0 aliphatic carbocycles. The molecule has 0 rings (SSSR count). The Morgan fingerprint density at radius 2 is 1.44 bits per heavy atom. The Balaban J connectivity index is 5.07. The molecular weight excluding hydrogens is 269 g/mol. The van der Waals surface area contributed by atoms with Gasteiger partial charge in [0.15, 0.2) is 8.24 Å². The molecule has 0 radical (unpaired) electrons. The third-order valence-corrected chi connectivity index (χ3v) is 18.6. The minimum atomic E-state index is -1.56. The highest BCUT2D eigenvalue weighted by molar-refractivity contribution is 7.92. The number of hydrogen-bond donors (Lipinski definition) is 0. The van der Waals surface area contributed by atoms with Gasteiger partial charge in [0.2, 0.25) is 0 Å². The Labute approximate surface area is 109 Å². The van der Waals surface area contributed by atoms with Crippen LogP contribution in [-0.4, -0.2) is 28.8 Å². The molecule has 0 spiro atoms. The van der Waals surface area contributed by atoms with Gasteiger partial charge >= 0.3 is 0 Å². The van der Waals surface area contributed by atoms with Crippen molar-refractivity contribution in [3.05, 3.63) is 0 Å². The molecular formula is C11H29ClNPSi2. The molecule has 0 N–H and O–H groups in total. The monoisotopic (exact) mass is 297 g/mol. The normalized spacial score (nSPS) is 18.1. The maximum atomic E-state index is 6.73. The Kier molecular flexibility index (Phi) is 5.20. The molecule has 1 atom stereocenters. The van der Waals surface area contributed by atoms with Crippen molar-refractivity contribution in [3.63, 3.8) is 0 Å². The zero-order valence-electron chi connectivity index (χ0n) is 12.5. The summed E-state index contributed by atoms with van der Waals surface area (Å²) in [6, 6.07) is 0. The average Bonchev–Trinajstić information content (AvgIpc) is 1.72. The quantitative estimate of drug-likeness (QED) is 0.457. The predicted molar refractivity (Wildman–Crippen MR) is 86.5 cm³/mol. The van der Waals surface area contributed by atoms with Crippen LogP contribution in [0.1, 0.15) is 20.8 Å². The lowest BCUT2D eigenvalue weighted by Gasteiger charge is -2.39. The molecule has 0 aliphatic heterocycles. The molecule has 0 fully saturated rings. The van der Waals surface area contributed by atoms with E-state index in [0.29, 0.717) is 5.04 Å². The zero-order valence-corrected chi connectivity index (χ0v) is 16.1. The van der Waals surface area contributed by atoms with E-state index >= 15 is 0 Å². The minimum Gasteiger partial charge on any atom is -0.324 e. The van der Waals surface area contributed by atoms with E-state index in [0.717, 1.165) is 0 Å². The van der Waals surface area contributed by atoms with Crippen molar-refractivity contribution < 1.29 is 0 Å². The smallest absolute Gasteiger partial charge is 0.171 e. The summed E-state index contributed by atoms with van der Waals surface area (Å²) in [7, 11) is -2.68. The van der Waals surface area contributed by atoms with Crippen molar-refractivity contribution in [1.82, 2.24) is 0 Å². The van der Waals surface area contributed by atoms with E-state index in [9.17, 15) is 0 Å². The lowest BCUT2D eigenvalue weighted by Crippen LogP contribution is -2.41. The lowest BCUT2D eigenvalue weighted by atomic mass is 10.2. The topological polar surface area (TPSA) is 12.4 Å². The Morgan fingerprint density at radius 1 is 1.06 bits per heavy atom. The first-order chi connectivity index (χ1) is 6.66. The van der Waals surface area contributed by atoms with Crippen molar-refractivity contribution in [3.8, 4) is 0 Å². The molecule has 1 unspecified atom stereocenters. The maximum Gasteiger partial charge on any atom is 0.171 e. The van der Waals surface area contributed by atoms with E-state index in [1.807, 2.05) is 0 Å². The summed E-state index contributed by atoms with van der Waals surface area (Å²) in [4.78, 5) is 0. The van der Waals surface area contributed by atoms with Crippen LogP contribution in [0.15, 0.2) is 4.41 Å². The van der Waals surface area contributed by atoms with Crippen LogP contribution >= 0.6 is 17.6 Å². The summed E-state index contributed by atoms with van der Waals surface area (Å²) < 4.78 is 4.99. The summed E-state index contributed by atoms with van der Waals surface area (Å²) in [5, 5.41) is 0.415. The summed E-state index contributed by atoms with van der Waals surface area (Å²) in [5.41, 5.74) is 0. The van der Waals surface area contributed by atoms with E-state index in [-0.39, 0.29) is 0 Å². The highest BCUT2D eigenvalue weighted by Crippen LogP contribution is 2.57. The van der Waals surface area contributed by atoms with Gasteiger partial charge in [-0.2, -0.15) is 0 Å². The van der Waals surface area contributed by atoms with E-state index in [2.05, 4.69) is 60.2 Å². The summed E-state index contributed by atoms with van der Waals surface area (Å²) >= 11 is 6.73. The minimum absolute atomic E-state index is 0.415. The van der Waals surface area contributed by atoms with Crippen molar-refractivity contribution in [2.24, 2.45) is 4.41 Å². The fraction of sp³-hybridized carbons (Fsp3) is 1.00. The molecule has 16 heavy (non-hydrogen) atoms. The third kappa shape index (κ3) is 6.04. The van der Waals surface area contributed by atoms with Gasteiger partial charge in [-0.25, -0.2) is 0 Å². The molecule has 0 amide bonds. The van der Waals surface area contributed by atoms with Crippen molar-refractivity contribution >= 4 is 34.0 Å². The second kappa shape index (κ2) is 4.91. The standard InChI is InChI=1S/C11H29ClNPSi2/c1-11(2,3)16(8,9)10-14(4,12)13-15(5,6)7/h10H2,1-9H3. The van der Waals surface area contributed by atoms with Gasteiger partial charge in [-0.1, -0.05) is 64.7 Å². The van der Waals surface area contributed by atoms with Crippen molar-refractivity contribution in [2.75, 3.05) is 12.5 Å². The van der Waals surface area contributed by atoms with Crippen LogP contribution in [0.5, 0.6) is 0 Å². The molecule has 0 saturated heterocycles. The first kappa shape index (κ1) is 17.0. The van der Waals surface area contributed by atoms with Gasteiger partial charge in [0.05, 0.1) is 8.07 Å². The molecule has 1 nitrogen and oxygen atoms in total. The molecule has 0 aromatic rings. The SMILES string of the molecule is CC(C)(C)[Si](C)(C)CP(C)(Cl)=N[Si](C)(C)C. The van der Waals surface area contributed by atoms with Crippen molar-refractivity contribution in [1.29, 1.82) is 0 Å². The van der Waals surface area contributed by atoms with E-state index < -0.39 is 22.7 Å². The average molecular weight is 298 g/mol. The van der Waals surface area contributed by atoms with Gasteiger partial charge in [0.1, 0.15) is 0 Å². The van der Waals surface area contributed by atoms with Crippen LogP contribution in [0, 0.1) is 0 Å². The van der Waals surface area contributed by atoms with Gasteiger partial charge < -0.3 is 4.41 Å². The molecule has 0 aromatic heterocycles. The number of halogens is 1. The number of nitrogens with zero attached hydrogens (tertiary/aromatic N) is 1. The van der Waals surface area contributed by atoms with Crippen LogP contribution in [0.25, 0.3) is 0 Å². The van der Waals surface area contributed by atoms with Gasteiger partial charge in [0.25, 0.3) is 0 Å². The second-order valence-electron chi connectivity index (χ2n) is 7.58. The largest absolute Gasteiger partial charge is 0.324 e. The Morgan fingerprint density at radius 3 is 1.69 bits per heavy atom. The molecule has 0 aliphatic rings. The Bertz CT molecular complexity index is 294. The third-order valence-electron chi connectivity index (χ3n) is 3.22.